The molecule has 1 fully saturated rings. The molecule has 0 saturated carbocycles. The zero-order valence-electron chi connectivity index (χ0n) is 19.8. The fourth-order valence-electron chi connectivity index (χ4n) is 3.96. The zero-order valence-corrected chi connectivity index (χ0v) is 20.6. The van der Waals surface area contributed by atoms with Gasteiger partial charge < -0.3 is 4.74 Å². The Balaban J connectivity index is 1.54. The van der Waals surface area contributed by atoms with Crippen LogP contribution in [0.5, 0.6) is 0 Å². The van der Waals surface area contributed by atoms with Crippen molar-refractivity contribution in [3.63, 3.8) is 0 Å². The largest absolute Gasteiger partial charge is 0.379 e. The van der Waals surface area contributed by atoms with Crippen LogP contribution >= 0.6 is 11.3 Å². The minimum Gasteiger partial charge on any atom is -0.379 e. The molecule has 3 aromatic rings. The number of benzene rings is 2. The normalized spacial score (nSPS) is 14.9. The van der Waals surface area contributed by atoms with E-state index in [2.05, 4.69) is 49.9 Å². The zero-order chi connectivity index (χ0) is 23.3. The first-order chi connectivity index (χ1) is 15.9. The Labute approximate surface area is 201 Å². The summed E-state index contributed by atoms with van der Waals surface area (Å²) in [5, 5.41) is 2.79. The van der Waals surface area contributed by atoms with E-state index in [0.717, 1.165) is 55.7 Å². The second-order valence-corrected chi connectivity index (χ2v) is 10.3. The SMILES string of the molecule is CC(C)(C)c1ccc(C(=O)N(CCCN2CCOCC2)c2nc(-c3ccccc3)cs2)cc1. The molecule has 0 N–H and O–H groups in total. The van der Waals surface area contributed by atoms with Crippen LogP contribution in [0.2, 0.25) is 0 Å². The van der Waals surface area contributed by atoms with Gasteiger partial charge >= 0.3 is 0 Å². The molecule has 0 bridgehead atoms. The Kier molecular flexibility index (Phi) is 7.58. The number of thiazole rings is 1. The Morgan fingerprint density at radius 3 is 2.42 bits per heavy atom. The van der Waals surface area contributed by atoms with Gasteiger partial charge in [-0.25, -0.2) is 4.98 Å². The highest BCUT2D eigenvalue weighted by atomic mass is 32.1. The molecule has 6 heteroatoms. The van der Waals surface area contributed by atoms with Crippen LogP contribution in [-0.4, -0.2) is 55.2 Å². The van der Waals surface area contributed by atoms with E-state index in [9.17, 15) is 4.79 Å². The third-order valence-electron chi connectivity index (χ3n) is 6.00. The number of nitrogens with zero attached hydrogens (tertiary/aromatic N) is 3. The van der Waals surface area contributed by atoms with Crippen LogP contribution in [0.15, 0.2) is 60.0 Å². The van der Waals surface area contributed by atoms with E-state index in [1.54, 1.807) is 0 Å². The molecule has 0 aliphatic carbocycles. The number of hydrogen-bond acceptors (Lipinski definition) is 5. The van der Waals surface area contributed by atoms with Crippen LogP contribution in [0, 0.1) is 0 Å². The van der Waals surface area contributed by atoms with Crippen LogP contribution in [-0.2, 0) is 10.2 Å². The molecule has 33 heavy (non-hydrogen) atoms. The molecule has 1 aromatic heterocycles. The number of aromatic nitrogens is 1. The molecule has 4 rings (SSSR count). The Bertz CT molecular complexity index is 1040. The third-order valence-corrected chi connectivity index (χ3v) is 6.86. The van der Waals surface area contributed by atoms with E-state index in [1.165, 1.54) is 16.9 Å². The molecule has 0 radical (unpaired) electrons. The van der Waals surface area contributed by atoms with Gasteiger partial charge in [0.05, 0.1) is 18.9 Å². The first-order valence-electron chi connectivity index (χ1n) is 11.7. The van der Waals surface area contributed by atoms with E-state index < -0.39 is 0 Å². The van der Waals surface area contributed by atoms with Gasteiger partial charge in [0, 0.05) is 42.7 Å². The lowest BCUT2D eigenvalue weighted by molar-refractivity contribution is 0.0376. The average molecular weight is 464 g/mol. The lowest BCUT2D eigenvalue weighted by Crippen LogP contribution is -2.39. The topological polar surface area (TPSA) is 45.7 Å². The molecule has 2 aromatic carbocycles. The van der Waals surface area contributed by atoms with Crippen molar-refractivity contribution in [3.05, 3.63) is 71.1 Å². The third kappa shape index (κ3) is 6.08. The summed E-state index contributed by atoms with van der Waals surface area (Å²) in [6, 6.07) is 18.1. The monoisotopic (exact) mass is 463 g/mol. The Hall–Kier alpha value is -2.54. The molecule has 0 unspecified atom stereocenters. The van der Waals surface area contributed by atoms with Crippen molar-refractivity contribution in [1.29, 1.82) is 0 Å². The summed E-state index contributed by atoms with van der Waals surface area (Å²) in [5.41, 5.74) is 3.95. The number of ether oxygens (including phenoxy) is 1. The molecular weight excluding hydrogens is 430 g/mol. The highest BCUT2D eigenvalue weighted by Gasteiger charge is 2.22. The number of carbonyl (C=O) groups is 1. The number of anilines is 1. The van der Waals surface area contributed by atoms with Crippen LogP contribution in [0.3, 0.4) is 0 Å². The molecule has 174 valence electrons. The minimum atomic E-state index is 0.00592. The minimum absolute atomic E-state index is 0.00592. The molecule has 0 spiro atoms. The smallest absolute Gasteiger partial charge is 0.260 e. The standard InChI is InChI=1S/C27H33N3O2S/c1-27(2,3)23-12-10-22(11-13-23)25(31)30(15-7-14-29-16-18-32-19-17-29)26-28-24(20-33-26)21-8-5-4-6-9-21/h4-6,8-13,20H,7,14-19H2,1-3H3. The molecule has 1 saturated heterocycles. The molecular formula is C27H33N3O2S. The molecule has 1 aliphatic heterocycles. The van der Waals surface area contributed by atoms with Gasteiger partial charge in [-0.1, -0.05) is 63.2 Å². The van der Waals surface area contributed by atoms with Crippen molar-refractivity contribution >= 4 is 22.4 Å². The number of hydrogen-bond donors (Lipinski definition) is 0. The molecule has 2 heterocycles. The van der Waals surface area contributed by atoms with E-state index in [-0.39, 0.29) is 11.3 Å². The van der Waals surface area contributed by atoms with Crippen molar-refractivity contribution in [2.45, 2.75) is 32.6 Å². The van der Waals surface area contributed by atoms with Gasteiger partial charge in [-0.15, -0.1) is 11.3 Å². The van der Waals surface area contributed by atoms with Gasteiger partial charge in [0.2, 0.25) is 0 Å². The lowest BCUT2D eigenvalue weighted by Gasteiger charge is -2.28. The maximum absolute atomic E-state index is 13.6. The van der Waals surface area contributed by atoms with E-state index in [1.807, 2.05) is 40.6 Å². The quantitative estimate of drug-likeness (QED) is 0.466. The molecule has 5 nitrogen and oxygen atoms in total. The molecule has 1 amide bonds. The second kappa shape index (κ2) is 10.6. The lowest BCUT2D eigenvalue weighted by atomic mass is 9.86. The van der Waals surface area contributed by atoms with Crippen LogP contribution in [0.25, 0.3) is 11.3 Å². The maximum atomic E-state index is 13.6. The van der Waals surface area contributed by atoms with Gasteiger partial charge in [-0.05, 0) is 29.5 Å². The van der Waals surface area contributed by atoms with E-state index in [4.69, 9.17) is 9.72 Å². The van der Waals surface area contributed by atoms with E-state index >= 15 is 0 Å². The maximum Gasteiger partial charge on any atom is 0.260 e. The van der Waals surface area contributed by atoms with Gasteiger partial charge in [0.25, 0.3) is 5.91 Å². The van der Waals surface area contributed by atoms with Crippen LogP contribution in [0.4, 0.5) is 5.13 Å². The van der Waals surface area contributed by atoms with Gasteiger partial charge in [-0.2, -0.15) is 0 Å². The predicted molar refractivity (Wildman–Crippen MR) is 136 cm³/mol. The fraction of sp³-hybridized carbons (Fsp3) is 0.407. The summed E-state index contributed by atoms with van der Waals surface area (Å²) < 4.78 is 5.46. The number of amides is 1. The highest BCUT2D eigenvalue weighted by Crippen LogP contribution is 2.29. The van der Waals surface area contributed by atoms with Crippen molar-refractivity contribution in [1.82, 2.24) is 9.88 Å². The van der Waals surface area contributed by atoms with Crippen LogP contribution < -0.4 is 4.90 Å². The van der Waals surface area contributed by atoms with Crippen molar-refractivity contribution < 1.29 is 9.53 Å². The highest BCUT2D eigenvalue weighted by molar-refractivity contribution is 7.14. The number of rotatable bonds is 7. The van der Waals surface area contributed by atoms with Gasteiger partial charge in [-0.3, -0.25) is 14.6 Å². The average Bonchev–Trinajstić information content (AvgIpc) is 3.32. The fourth-order valence-corrected chi connectivity index (χ4v) is 4.82. The van der Waals surface area contributed by atoms with Crippen molar-refractivity contribution in [3.8, 4) is 11.3 Å². The van der Waals surface area contributed by atoms with Gasteiger partial charge in [0.1, 0.15) is 0 Å². The number of carbonyl (C=O) groups excluding carboxylic acids is 1. The van der Waals surface area contributed by atoms with E-state index in [0.29, 0.717) is 12.1 Å². The predicted octanol–water partition coefficient (Wildman–Crippen LogP) is 5.48. The summed E-state index contributed by atoms with van der Waals surface area (Å²) in [6.45, 7) is 11.6. The second-order valence-electron chi connectivity index (χ2n) is 9.47. The molecule has 0 atom stereocenters. The Morgan fingerprint density at radius 2 is 1.76 bits per heavy atom. The summed E-state index contributed by atoms with van der Waals surface area (Å²) in [7, 11) is 0. The first-order valence-corrected chi connectivity index (χ1v) is 12.5. The van der Waals surface area contributed by atoms with Gasteiger partial charge in [0.15, 0.2) is 5.13 Å². The van der Waals surface area contributed by atoms with Crippen molar-refractivity contribution in [2.75, 3.05) is 44.3 Å². The summed E-state index contributed by atoms with van der Waals surface area (Å²) in [6.07, 6.45) is 0.895. The first kappa shape index (κ1) is 23.6. The summed E-state index contributed by atoms with van der Waals surface area (Å²) in [4.78, 5) is 22.7. The van der Waals surface area contributed by atoms with Crippen molar-refractivity contribution in [2.24, 2.45) is 0 Å². The summed E-state index contributed by atoms with van der Waals surface area (Å²) >= 11 is 1.53. The molecule has 1 aliphatic rings. The number of morpholine rings is 1. The van der Waals surface area contributed by atoms with Crippen LogP contribution in [0.1, 0.15) is 43.1 Å². The Morgan fingerprint density at radius 1 is 1.06 bits per heavy atom. The summed E-state index contributed by atoms with van der Waals surface area (Å²) in [5.74, 6) is 0.00592.